The van der Waals surface area contributed by atoms with Crippen LogP contribution in [0.3, 0.4) is 0 Å². The number of nitrogens with two attached hydrogens (primary N) is 1. The van der Waals surface area contributed by atoms with E-state index in [1.54, 1.807) is 0 Å². The largest absolute Gasteiger partial charge is 0.398 e. The molecule has 1 atom stereocenters. The number of hydrogen-bond acceptors (Lipinski definition) is 3. The van der Waals surface area contributed by atoms with Gasteiger partial charge < -0.3 is 10.3 Å². The molecule has 1 unspecified atom stereocenters. The molecule has 0 amide bonds. The summed E-state index contributed by atoms with van der Waals surface area (Å²) in [5.41, 5.74) is 5.67. The van der Waals surface area contributed by atoms with Crippen molar-refractivity contribution in [3.05, 3.63) is 58.5 Å². The Morgan fingerprint density at radius 3 is 2.65 bits per heavy atom. The predicted molar refractivity (Wildman–Crippen MR) is 72.7 cm³/mol. The lowest BCUT2D eigenvalue weighted by atomic mass is 10.3. The van der Waals surface area contributed by atoms with Crippen molar-refractivity contribution in [2.45, 2.75) is 11.4 Å². The normalized spacial score (nSPS) is 12.3. The van der Waals surface area contributed by atoms with Crippen molar-refractivity contribution >= 4 is 16.5 Å². The van der Waals surface area contributed by atoms with Crippen LogP contribution in [0.15, 0.2) is 46.2 Å². The van der Waals surface area contributed by atoms with E-state index in [1.165, 1.54) is 22.9 Å². The van der Waals surface area contributed by atoms with Gasteiger partial charge in [0.25, 0.3) is 5.56 Å². The summed E-state index contributed by atoms with van der Waals surface area (Å²) in [6.45, 7) is 0.132. The number of halogens is 2. The predicted octanol–water partition coefficient (Wildman–Crippen LogP) is 1.52. The lowest BCUT2D eigenvalue weighted by Crippen LogP contribution is -2.22. The summed E-state index contributed by atoms with van der Waals surface area (Å²) in [7, 11) is -1.66. The molecule has 0 aliphatic carbocycles. The second-order valence-electron chi connectivity index (χ2n) is 4.12. The Morgan fingerprint density at radius 1 is 1.20 bits per heavy atom. The van der Waals surface area contributed by atoms with Gasteiger partial charge in [-0.25, -0.2) is 8.78 Å². The first-order valence-electron chi connectivity index (χ1n) is 5.77. The molecule has 0 bridgehead atoms. The fraction of sp³-hybridized carbons (Fsp3) is 0.154. The SMILES string of the molecule is Nc1ccc(=O)n(CCS(=O)c2ccc(F)cc2F)c1. The van der Waals surface area contributed by atoms with Crippen LogP contribution in [-0.2, 0) is 17.3 Å². The highest BCUT2D eigenvalue weighted by molar-refractivity contribution is 7.85. The molecule has 1 aromatic carbocycles. The van der Waals surface area contributed by atoms with Gasteiger partial charge >= 0.3 is 0 Å². The fourth-order valence-electron chi connectivity index (χ4n) is 1.68. The molecule has 20 heavy (non-hydrogen) atoms. The van der Waals surface area contributed by atoms with Gasteiger partial charge in [-0.05, 0) is 18.2 Å². The highest BCUT2D eigenvalue weighted by atomic mass is 32.2. The summed E-state index contributed by atoms with van der Waals surface area (Å²) >= 11 is 0. The van der Waals surface area contributed by atoms with Crippen LogP contribution in [-0.4, -0.2) is 14.5 Å². The summed E-state index contributed by atoms with van der Waals surface area (Å²) in [5.74, 6) is -1.55. The third-order valence-corrected chi connectivity index (χ3v) is 4.04. The van der Waals surface area contributed by atoms with Gasteiger partial charge in [0.05, 0.1) is 15.7 Å². The van der Waals surface area contributed by atoms with Gasteiger partial charge in [-0.2, -0.15) is 0 Å². The molecule has 0 radical (unpaired) electrons. The standard InChI is InChI=1S/C13H12F2N2O2S/c14-9-1-3-12(11(15)7-9)20(19)6-5-17-8-10(16)2-4-13(17)18/h1-4,7-8H,5-6,16H2. The van der Waals surface area contributed by atoms with Gasteiger partial charge in [-0.1, -0.05) is 0 Å². The molecule has 106 valence electrons. The van der Waals surface area contributed by atoms with Crippen LogP contribution < -0.4 is 11.3 Å². The number of nitrogens with zero attached hydrogens (tertiary/aromatic N) is 1. The average molecular weight is 298 g/mol. The summed E-state index contributed by atoms with van der Waals surface area (Å²) in [6.07, 6.45) is 1.43. The van der Waals surface area contributed by atoms with E-state index in [0.717, 1.165) is 12.1 Å². The zero-order valence-corrected chi connectivity index (χ0v) is 11.2. The third kappa shape index (κ3) is 3.30. The lowest BCUT2D eigenvalue weighted by Gasteiger charge is -2.07. The summed E-state index contributed by atoms with van der Waals surface area (Å²) in [5, 5.41) is 0. The number of aromatic nitrogens is 1. The van der Waals surface area contributed by atoms with Gasteiger partial charge in [0, 0.05) is 36.3 Å². The number of rotatable bonds is 4. The Hall–Kier alpha value is -2.02. The molecule has 0 saturated heterocycles. The van der Waals surface area contributed by atoms with Crippen molar-refractivity contribution in [3.63, 3.8) is 0 Å². The van der Waals surface area contributed by atoms with Crippen LogP contribution in [0.1, 0.15) is 0 Å². The topological polar surface area (TPSA) is 65.1 Å². The first-order chi connectivity index (χ1) is 9.47. The minimum absolute atomic E-state index is 0.0336. The molecule has 0 aliphatic rings. The van der Waals surface area contributed by atoms with Crippen molar-refractivity contribution in [1.29, 1.82) is 0 Å². The Balaban J connectivity index is 2.12. The number of anilines is 1. The minimum Gasteiger partial charge on any atom is -0.398 e. The molecule has 1 heterocycles. The van der Waals surface area contributed by atoms with Crippen LogP contribution in [0.2, 0.25) is 0 Å². The van der Waals surface area contributed by atoms with Crippen LogP contribution in [0, 0.1) is 11.6 Å². The van der Waals surface area contributed by atoms with E-state index in [-0.39, 0.29) is 22.8 Å². The molecular formula is C13H12F2N2O2S. The molecule has 0 fully saturated rings. The first-order valence-corrected chi connectivity index (χ1v) is 7.08. The Kier molecular flexibility index (Phi) is 4.29. The second-order valence-corrected chi connectivity index (χ2v) is 5.66. The maximum atomic E-state index is 13.4. The number of hydrogen-bond donors (Lipinski definition) is 1. The molecule has 2 aromatic rings. The van der Waals surface area contributed by atoms with E-state index in [2.05, 4.69) is 0 Å². The van der Waals surface area contributed by atoms with E-state index < -0.39 is 22.4 Å². The van der Waals surface area contributed by atoms with Crippen LogP contribution in [0.4, 0.5) is 14.5 Å². The summed E-state index contributed by atoms with van der Waals surface area (Å²) in [4.78, 5) is 11.4. The quantitative estimate of drug-likeness (QED) is 0.930. The van der Waals surface area contributed by atoms with E-state index in [9.17, 15) is 17.8 Å². The van der Waals surface area contributed by atoms with Crippen molar-refractivity contribution in [2.24, 2.45) is 0 Å². The highest BCUT2D eigenvalue weighted by Crippen LogP contribution is 2.14. The zero-order valence-electron chi connectivity index (χ0n) is 10.4. The Bertz CT molecular complexity index is 716. The van der Waals surface area contributed by atoms with Crippen LogP contribution in [0.5, 0.6) is 0 Å². The van der Waals surface area contributed by atoms with Crippen molar-refractivity contribution < 1.29 is 13.0 Å². The highest BCUT2D eigenvalue weighted by Gasteiger charge is 2.11. The molecule has 7 heteroatoms. The molecule has 4 nitrogen and oxygen atoms in total. The van der Waals surface area contributed by atoms with E-state index in [0.29, 0.717) is 11.8 Å². The number of nitrogen functional groups attached to an aromatic ring is 1. The smallest absolute Gasteiger partial charge is 0.250 e. The van der Waals surface area contributed by atoms with E-state index in [1.807, 2.05) is 0 Å². The first kappa shape index (κ1) is 14.4. The number of benzene rings is 1. The Labute approximate surface area is 116 Å². The van der Waals surface area contributed by atoms with E-state index in [4.69, 9.17) is 5.73 Å². The minimum atomic E-state index is -1.66. The van der Waals surface area contributed by atoms with Crippen molar-refractivity contribution in [1.82, 2.24) is 4.57 Å². The number of pyridine rings is 1. The Morgan fingerprint density at radius 2 is 1.95 bits per heavy atom. The third-order valence-electron chi connectivity index (χ3n) is 2.66. The van der Waals surface area contributed by atoms with Crippen LogP contribution in [0.25, 0.3) is 0 Å². The molecule has 0 saturated carbocycles. The lowest BCUT2D eigenvalue weighted by molar-refractivity contribution is 0.561. The maximum absolute atomic E-state index is 13.4. The molecule has 2 N–H and O–H groups in total. The average Bonchev–Trinajstić information content (AvgIpc) is 2.39. The number of aryl methyl sites for hydroxylation is 1. The molecular weight excluding hydrogens is 286 g/mol. The van der Waals surface area contributed by atoms with Gasteiger partial charge in [-0.15, -0.1) is 0 Å². The van der Waals surface area contributed by atoms with Gasteiger partial charge in [0.2, 0.25) is 0 Å². The van der Waals surface area contributed by atoms with Crippen molar-refractivity contribution in [2.75, 3.05) is 11.5 Å². The molecule has 0 spiro atoms. The second kappa shape index (κ2) is 5.96. The van der Waals surface area contributed by atoms with Gasteiger partial charge in [0.15, 0.2) is 0 Å². The van der Waals surface area contributed by atoms with Crippen LogP contribution >= 0.6 is 0 Å². The molecule has 2 rings (SSSR count). The van der Waals surface area contributed by atoms with E-state index >= 15 is 0 Å². The maximum Gasteiger partial charge on any atom is 0.250 e. The zero-order chi connectivity index (χ0) is 14.7. The van der Waals surface area contributed by atoms with Gasteiger partial charge in [0.1, 0.15) is 11.6 Å². The fourth-order valence-corrected chi connectivity index (χ4v) is 2.75. The monoisotopic (exact) mass is 298 g/mol. The summed E-state index contributed by atoms with van der Waals surface area (Å²) in [6, 6.07) is 5.64. The van der Waals surface area contributed by atoms with Gasteiger partial charge in [-0.3, -0.25) is 9.00 Å². The molecule has 1 aromatic heterocycles. The summed E-state index contributed by atoms with van der Waals surface area (Å²) < 4.78 is 39.5. The molecule has 0 aliphatic heterocycles. The van der Waals surface area contributed by atoms with Crippen molar-refractivity contribution in [3.8, 4) is 0 Å².